The molecule has 8 heteroatoms. The number of anilines is 4. The molecule has 0 aliphatic carbocycles. The van der Waals surface area contributed by atoms with Crippen molar-refractivity contribution in [1.29, 1.82) is 0 Å². The van der Waals surface area contributed by atoms with Crippen LogP contribution in [-0.4, -0.2) is 52.8 Å². The van der Waals surface area contributed by atoms with Crippen LogP contribution in [0.25, 0.3) is 0 Å². The van der Waals surface area contributed by atoms with Crippen LogP contribution in [0.3, 0.4) is 0 Å². The quantitative estimate of drug-likeness (QED) is 0.564. The van der Waals surface area contributed by atoms with Crippen molar-refractivity contribution in [3.05, 3.63) is 29.3 Å². The number of hydrogen-bond acceptors (Lipinski definition) is 8. The van der Waals surface area contributed by atoms with E-state index in [1.54, 1.807) is 0 Å². The second-order valence-corrected chi connectivity index (χ2v) is 8.97. The number of aryl methyl sites for hydroxylation is 1. The molecular weight excluding hydrogens is 366 g/mol. The molecule has 2 aromatic rings. The van der Waals surface area contributed by atoms with Gasteiger partial charge in [-0.05, 0) is 42.5 Å². The Labute approximate surface area is 173 Å². The second kappa shape index (κ2) is 8.92. The first kappa shape index (κ1) is 21.3. The van der Waals surface area contributed by atoms with Crippen molar-refractivity contribution < 1.29 is 5.11 Å². The fourth-order valence-electron chi connectivity index (χ4n) is 3.42. The molecule has 0 saturated carbocycles. The van der Waals surface area contributed by atoms with Crippen LogP contribution in [0.2, 0.25) is 0 Å². The maximum absolute atomic E-state index is 9.46. The lowest BCUT2D eigenvalue weighted by molar-refractivity contribution is 0.282. The predicted molar refractivity (Wildman–Crippen MR) is 118 cm³/mol. The fourth-order valence-corrected chi connectivity index (χ4v) is 3.42. The molecule has 1 atom stereocenters. The molecule has 0 unspecified atom stereocenters. The third kappa shape index (κ3) is 6.01. The maximum Gasteiger partial charge on any atom is 0.233 e. The first-order chi connectivity index (χ1) is 13.7. The lowest BCUT2D eigenvalue weighted by Crippen LogP contribution is -2.31. The Morgan fingerprint density at radius 3 is 2.62 bits per heavy atom. The molecule has 3 rings (SSSR count). The SMILES string of the molecule is Cc1ccc(CO)cc1Nc1nc(N[C@@H]2CCNC2)nc(N(C)CC(C)(C)C)n1. The van der Waals surface area contributed by atoms with Crippen LogP contribution in [0.5, 0.6) is 0 Å². The van der Waals surface area contributed by atoms with Gasteiger partial charge in [0.15, 0.2) is 0 Å². The van der Waals surface area contributed by atoms with E-state index in [9.17, 15) is 5.11 Å². The van der Waals surface area contributed by atoms with Crippen molar-refractivity contribution in [2.45, 2.75) is 46.8 Å². The van der Waals surface area contributed by atoms with E-state index in [-0.39, 0.29) is 12.0 Å². The van der Waals surface area contributed by atoms with Crippen molar-refractivity contribution in [2.75, 3.05) is 42.2 Å². The average Bonchev–Trinajstić information content (AvgIpc) is 3.15. The van der Waals surface area contributed by atoms with Gasteiger partial charge in [0.2, 0.25) is 17.8 Å². The van der Waals surface area contributed by atoms with Gasteiger partial charge in [0.05, 0.1) is 6.61 Å². The molecule has 0 spiro atoms. The summed E-state index contributed by atoms with van der Waals surface area (Å²) in [4.78, 5) is 16.0. The zero-order valence-electron chi connectivity index (χ0n) is 18.1. The highest BCUT2D eigenvalue weighted by molar-refractivity contribution is 5.61. The Kier molecular flexibility index (Phi) is 6.54. The van der Waals surface area contributed by atoms with E-state index in [1.165, 1.54) is 0 Å². The summed E-state index contributed by atoms with van der Waals surface area (Å²) in [5.41, 5.74) is 2.89. The van der Waals surface area contributed by atoms with Crippen LogP contribution in [0.4, 0.5) is 23.5 Å². The van der Waals surface area contributed by atoms with Crippen molar-refractivity contribution in [2.24, 2.45) is 5.41 Å². The summed E-state index contributed by atoms with van der Waals surface area (Å²) >= 11 is 0. The van der Waals surface area contributed by atoms with Crippen LogP contribution < -0.4 is 20.9 Å². The molecular formula is C21H33N7O. The van der Waals surface area contributed by atoms with Gasteiger partial charge < -0.3 is 26.0 Å². The molecule has 1 aliphatic rings. The van der Waals surface area contributed by atoms with Crippen LogP contribution in [0.15, 0.2) is 18.2 Å². The van der Waals surface area contributed by atoms with Gasteiger partial charge in [-0.25, -0.2) is 0 Å². The highest BCUT2D eigenvalue weighted by atomic mass is 16.3. The second-order valence-electron chi connectivity index (χ2n) is 8.97. The number of rotatable bonds is 7. The third-order valence-corrected chi connectivity index (χ3v) is 4.80. The van der Waals surface area contributed by atoms with E-state index in [0.29, 0.717) is 23.9 Å². The minimum absolute atomic E-state index is 0.00673. The maximum atomic E-state index is 9.46. The van der Waals surface area contributed by atoms with E-state index in [1.807, 2.05) is 32.2 Å². The third-order valence-electron chi connectivity index (χ3n) is 4.80. The van der Waals surface area contributed by atoms with Crippen LogP contribution in [0.1, 0.15) is 38.3 Å². The largest absolute Gasteiger partial charge is 0.392 e. The molecule has 1 aromatic carbocycles. The van der Waals surface area contributed by atoms with Crippen molar-refractivity contribution >= 4 is 23.5 Å². The predicted octanol–water partition coefficient (Wildman–Crippen LogP) is 2.67. The summed E-state index contributed by atoms with van der Waals surface area (Å²) < 4.78 is 0. The molecule has 1 fully saturated rings. The molecule has 8 nitrogen and oxygen atoms in total. The topological polar surface area (TPSA) is 98.2 Å². The van der Waals surface area contributed by atoms with Crippen molar-refractivity contribution in [3.8, 4) is 0 Å². The Balaban J connectivity index is 1.90. The molecule has 1 aromatic heterocycles. The highest BCUT2D eigenvalue weighted by Crippen LogP contribution is 2.24. The summed E-state index contributed by atoms with van der Waals surface area (Å²) in [5, 5.41) is 19.6. The van der Waals surface area contributed by atoms with Gasteiger partial charge in [0.25, 0.3) is 0 Å². The summed E-state index contributed by atoms with van der Waals surface area (Å²) in [7, 11) is 2.00. The Morgan fingerprint density at radius 2 is 1.97 bits per heavy atom. The number of aliphatic hydroxyl groups excluding tert-OH is 1. The Bertz CT molecular complexity index is 828. The normalized spacial score (nSPS) is 16.7. The van der Waals surface area contributed by atoms with Crippen molar-refractivity contribution in [3.63, 3.8) is 0 Å². The Hall–Kier alpha value is -2.45. The van der Waals surface area contributed by atoms with Gasteiger partial charge >= 0.3 is 0 Å². The first-order valence-electron chi connectivity index (χ1n) is 10.2. The average molecular weight is 400 g/mol. The molecule has 29 heavy (non-hydrogen) atoms. The van der Waals surface area contributed by atoms with Crippen LogP contribution in [-0.2, 0) is 6.61 Å². The van der Waals surface area contributed by atoms with Crippen LogP contribution in [0, 0.1) is 12.3 Å². The van der Waals surface area contributed by atoms with Gasteiger partial charge in [0, 0.05) is 31.9 Å². The van der Waals surface area contributed by atoms with Gasteiger partial charge in [-0.2, -0.15) is 15.0 Å². The van der Waals surface area contributed by atoms with E-state index < -0.39 is 0 Å². The zero-order valence-corrected chi connectivity index (χ0v) is 18.1. The number of nitrogens with one attached hydrogen (secondary N) is 3. The van der Waals surface area contributed by atoms with Gasteiger partial charge in [-0.15, -0.1) is 0 Å². The standard InChI is InChI=1S/C21H33N7O/c1-14-6-7-15(12-29)10-17(14)24-19-25-18(23-16-8-9-22-11-16)26-20(27-19)28(5)13-21(2,3)4/h6-7,10,16,22,29H,8-9,11-13H2,1-5H3,(H2,23,24,25,26,27)/t16-/m1/s1. The van der Waals surface area contributed by atoms with Crippen LogP contribution >= 0.6 is 0 Å². The van der Waals surface area contributed by atoms with E-state index in [2.05, 4.69) is 56.6 Å². The summed E-state index contributed by atoms with van der Waals surface area (Å²) in [6, 6.07) is 6.12. The van der Waals surface area contributed by atoms with Gasteiger partial charge in [-0.1, -0.05) is 32.9 Å². The minimum atomic E-state index is -0.00673. The Morgan fingerprint density at radius 1 is 1.21 bits per heavy atom. The molecule has 1 aliphatic heterocycles. The van der Waals surface area contributed by atoms with E-state index in [4.69, 9.17) is 0 Å². The van der Waals surface area contributed by atoms with E-state index >= 15 is 0 Å². The lowest BCUT2D eigenvalue weighted by Gasteiger charge is -2.27. The molecule has 158 valence electrons. The number of benzene rings is 1. The highest BCUT2D eigenvalue weighted by Gasteiger charge is 2.20. The molecule has 4 N–H and O–H groups in total. The molecule has 0 bridgehead atoms. The summed E-state index contributed by atoms with van der Waals surface area (Å²) in [5.74, 6) is 1.69. The summed E-state index contributed by atoms with van der Waals surface area (Å²) in [6.45, 7) is 11.3. The first-order valence-corrected chi connectivity index (χ1v) is 10.2. The zero-order chi connectivity index (χ0) is 21.0. The van der Waals surface area contributed by atoms with Gasteiger partial charge in [-0.3, -0.25) is 0 Å². The molecule has 2 heterocycles. The van der Waals surface area contributed by atoms with E-state index in [0.717, 1.165) is 42.9 Å². The van der Waals surface area contributed by atoms with Gasteiger partial charge in [0.1, 0.15) is 0 Å². The molecule has 1 saturated heterocycles. The lowest BCUT2D eigenvalue weighted by atomic mass is 9.96. The fraction of sp³-hybridized carbons (Fsp3) is 0.571. The minimum Gasteiger partial charge on any atom is -0.392 e. The number of aromatic nitrogens is 3. The summed E-state index contributed by atoms with van der Waals surface area (Å²) in [6.07, 6.45) is 1.04. The number of aliphatic hydroxyl groups is 1. The smallest absolute Gasteiger partial charge is 0.233 e. The molecule has 0 radical (unpaired) electrons. The number of hydrogen-bond donors (Lipinski definition) is 4. The van der Waals surface area contributed by atoms with Crippen molar-refractivity contribution in [1.82, 2.24) is 20.3 Å². The monoisotopic (exact) mass is 399 g/mol. The molecule has 0 amide bonds. The number of nitrogens with zero attached hydrogens (tertiary/aromatic N) is 4.